The van der Waals surface area contributed by atoms with Gasteiger partial charge in [0, 0.05) is 32.0 Å². The average Bonchev–Trinajstić information content (AvgIpc) is 2.33. The van der Waals surface area contributed by atoms with E-state index in [1.165, 1.54) is 24.2 Å². The van der Waals surface area contributed by atoms with E-state index in [1.807, 2.05) is 0 Å². The van der Waals surface area contributed by atoms with Crippen LogP contribution in [-0.4, -0.2) is 23.1 Å². The standard InChI is InChI=1S/C9H14N2/c1-10-5-3-8-4-6-11(2)9(8)7-10/h4,6H,3,5,7H2,1-2H3. The number of hydrogen-bond donors (Lipinski definition) is 0. The molecule has 1 aromatic rings. The van der Waals surface area contributed by atoms with Crippen LogP contribution in [0.5, 0.6) is 0 Å². The first kappa shape index (κ1) is 6.92. The summed E-state index contributed by atoms with van der Waals surface area (Å²) in [6, 6.07) is 2.24. The Labute approximate surface area is 67.4 Å². The molecule has 1 aromatic heterocycles. The van der Waals surface area contributed by atoms with Crippen LogP contribution < -0.4 is 0 Å². The lowest BCUT2D eigenvalue weighted by atomic mass is 10.1. The Morgan fingerprint density at radius 2 is 2.18 bits per heavy atom. The minimum atomic E-state index is 1.11. The second-order valence-electron chi connectivity index (χ2n) is 3.39. The Bertz CT molecular complexity index is 263. The molecule has 0 spiro atoms. The van der Waals surface area contributed by atoms with Crippen molar-refractivity contribution in [2.24, 2.45) is 7.05 Å². The lowest BCUT2D eigenvalue weighted by Crippen LogP contribution is -2.27. The summed E-state index contributed by atoms with van der Waals surface area (Å²) in [5.41, 5.74) is 3.02. The van der Waals surface area contributed by atoms with Crippen molar-refractivity contribution >= 4 is 0 Å². The van der Waals surface area contributed by atoms with Crippen molar-refractivity contribution in [3.05, 3.63) is 23.5 Å². The third-order valence-electron chi connectivity index (χ3n) is 2.48. The highest BCUT2D eigenvalue weighted by atomic mass is 15.1. The second-order valence-corrected chi connectivity index (χ2v) is 3.39. The molecule has 0 aliphatic carbocycles. The van der Waals surface area contributed by atoms with Gasteiger partial charge in [-0.3, -0.25) is 0 Å². The van der Waals surface area contributed by atoms with Gasteiger partial charge in [0.1, 0.15) is 0 Å². The Hall–Kier alpha value is -0.760. The minimum absolute atomic E-state index is 1.11. The smallest absolute Gasteiger partial charge is 0.0386 e. The van der Waals surface area contributed by atoms with Crippen LogP contribution in [0.1, 0.15) is 11.3 Å². The fraction of sp³-hybridized carbons (Fsp3) is 0.556. The first-order valence-electron chi connectivity index (χ1n) is 4.09. The zero-order valence-corrected chi connectivity index (χ0v) is 7.17. The quantitative estimate of drug-likeness (QED) is 0.536. The van der Waals surface area contributed by atoms with Crippen LogP contribution in [-0.2, 0) is 20.0 Å². The van der Waals surface area contributed by atoms with Crippen molar-refractivity contribution < 1.29 is 0 Å². The molecule has 2 heteroatoms. The predicted octanol–water partition coefficient (Wildman–Crippen LogP) is 1.01. The monoisotopic (exact) mass is 150 g/mol. The molecule has 2 rings (SSSR count). The number of aromatic nitrogens is 1. The van der Waals surface area contributed by atoms with Gasteiger partial charge < -0.3 is 9.47 Å². The van der Waals surface area contributed by atoms with Gasteiger partial charge in [-0.1, -0.05) is 0 Å². The molecule has 1 aliphatic heterocycles. The van der Waals surface area contributed by atoms with Crippen LogP contribution in [0.3, 0.4) is 0 Å². The largest absolute Gasteiger partial charge is 0.353 e. The lowest BCUT2D eigenvalue weighted by Gasteiger charge is -2.23. The molecule has 0 N–H and O–H groups in total. The molecule has 0 bridgehead atoms. The van der Waals surface area contributed by atoms with Crippen molar-refractivity contribution in [2.45, 2.75) is 13.0 Å². The van der Waals surface area contributed by atoms with Gasteiger partial charge >= 0.3 is 0 Å². The molecule has 0 saturated heterocycles. The summed E-state index contributed by atoms with van der Waals surface area (Å²) in [5, 5.41) is 0. The van der Waals surface area contributed by atoms with Crippen LogP contribution in [0.2, 0.25) is 0 Å². The zero-order chi connectivity index (χ0) is 7.84. The fourth-order valence-corrected chi connectivity index (χ4v) is 1.70. The van der Waals surface area contributed by atoms with Gasteiger partial charge in [0.2, 0.25) is 0 Å². The van der Waals surface area contributed by atoms with Gasteiger partial charge in [0.25, 0.3) is 0 Å². The van der Waals surface area contributed by atoms with Gasteiger partial charge in [-0.15, -0.1) is 0 Å². The van der Waals surface area contributed by atoms with Crippen molar-refractivity contribution in [2.75, 3.05) is 13.6 Å². The maximum atomic E-state index is 2.36. The highest BCUT2D eigenvalue weighted by Crippen LogP contribution is 2.17. The number of aryl methyl sites for hydroxylation is 1. The summed E-state index contributed by atoms with van der Waals surface area (Å²) >= 11 is 0. The summed E-state index contributed by atoms with van der Waals surface area (Å²) in [6.07, 6.45) is 3.37. The second kappa shape index (κ2) is 2.38. The maximum absolute atomic E-state index is 2.36. The van der Waals surface area contributed by atoms with E-state index in [-0.39, 0.29) is 0 Å². The molecule has 0 saturated carbocycles. The van der Waals surface area contributed by atoms with Crippen LogP contribution in [0.15, 0.2) is 12.3 Å². The van der Waals surface area contributed by atoms with Crippen LogP contribution >= 0.6 is 0 Å². The number of hydrogen-bond acceptors (Lipinski definition) is 1. The first-order valence-corrected chi connectivity index (χ1v) is 4.09. The molecule has 2 nitrogen and oxygen atoms in total. The Balaban J connectivity index is 2.37. The summed E-state index contributed by atoms with van der Waals surface area (Å²) < 4.78 is 2.23. The minimum Gasteiger partial charge on any atom is -0.353 e. The number of nitrogens with zero attached hydrogens (tertiary/aromatic N) is 2. The lowest BCUT2D eigenvalue weighted by molar-refractivity contribution is 0.304. The van der Waals surface area contributed by atoms with E-state index in [2.05, 4.69) is 35.8 Å². The molecule has 0 fully saturated rings. The molecule has 0 radical (unpaired) electrons. The Morgan fingerprint density at radius 3 is 3.00 bits per heavy atom. The molecule has 0 atom stereocenters. The normalized spacial score (nSPS) is 18.4. The van der Waals surface area contributed by atoms with E-state index < -0.39 is 0 Å². The molecule has 0 unspecified atom stereocenters. The molecule has 11 heavy (non-hydrogen) atoms. The summed E-state index contributed by atoms with van der Waals surface area (Å²) in [5.74, 6) is 0. The number of likely N-dealkylation sites (N-methyl/N-ethyl adjacent to an activating group) is 1. The van der Waals surface area contributed by atoms with Crippen molar-refractivity contribution in [3.63, 3.8) is 0 Å². The van der Waals surface area contributed by atoms with Crippen LogP contribution in [0.4, 0.5) is 0 Å². The SMILES string of the molecule is CN1CCc2ccn(C)c2C1. The van der Waals surface area contributed by atoms with Gasteiger partial charge in [0.15, 0.2) is 0 Å². The van der Waals surface area contributed by atoms with Gasteiger partial charge in [0.05, 0.1) is 0 Å². The fourth-order valence-electron chi connectivity index (χ4n) is 1.70. The molecule has 2 heterocycles. The average molecular weight is 150 g/mol. The van der Waals surface area contributed by atoms with Crippen molar-refractivity contribution in [3.8, 4) is 0 Å². The molecule has 60 valence electrons. The number of fused-ring (bicyclic) bond motifs is 1. The topological polar surface area (TPSA) is 8.17 Å². The van der Waals surface area contributed by atoms with Gasteiger partial charge in [-0.25, -0.2) is 0 Å². The molecular weight excluding hydrogens is 136 g/mol. The predicted molar refractivity (Wildman–Crippen MR) is 45.5 cm³/mol. The van der Waals surface area contributed by atoms with Crippen molar-refractivity contribution in [1.29, 1.82) is 0 Å². The van der Waals surface area contributed by atoms with Crippen LogP contribution in [0, 0.1) is 0 Å². The van der Waals surface area contributed by atoms with E-state index in [1.54, 1.807) is 0 Å². The third kappa shape index (κ3) is 1.07. The summed E-state index contributed by atoms with van der Waals surface area (Å²) in [4.78, 5) is 2.36. The van der Waals surface area contributed by atoms with E-state index in [0.717, 1.165) is 6.54 Å². The Morgan fingerprint density at radius 1 is 1.36 bits per heavy atom. The Kier molecular flexibility index (Phi) is 1.50. The third-order valence-corrected chi connectivity index (χ3v) is 2.48. The van der Waals surface area contributed by atoms with Crippen molar-refractivity contribution in [1.82, 2.24) is 9.47 Å². The zero-order valence-electron chi connectivity index (χ0n) is 7.17. The molecule has 0 amide bonds. The molecule has 0 aromatic carbocycles. The van der Waals surface area contributed by atoms with E-state index in [4.69, 9.17) is 0 Å². The highest BCUT2D eigenvalue weighted by Gasteiger charge is 2.14. The van der Waals surface area contributed by atoms with E-state index in [9.17, 15) is 0 Å². The summed E-state index contributed by atoms with van der Waals surface area (Å²) in [6.45, 7) is 2.32. The first-order chi connectivity index (χ1) is 5.27. The summed E-state index contributed by atoms with van der Waals surface area (Å²) in [7, 11) is 4.30. The van der Waals surface area contributed by atoms with E-state index in [0.29, 0.717) is 0 Å². The molecular formula is C9H14N2. The number of rotatable bonds is 0. The van der Waals surface area contributed by atoms with Crippen LogP contribution in [0.25, 0.3) is 0 Å². The van der Waals surface area contributed by atoms with Gasteiger partial charge in [-0.05, 0) is 25.1 Å². The van der Waals surface area contributed by atoms with Gasteiger partial charge in [-0.2, -0.15) is 0 Å². The maximum Gasteiger partial charge on any atom is 0.0386 e. The molecule has 1 aliphatic rings. The highest BCUT2D eigenvalue weighted by molar-refractivity contribution is 5.24. The van der Waals surface area contributed by atoms with E-state index >= 15 is 0 Å².